The van der Waals surface area contributed by atoms with Crippen LogP contribution in [0.2, 0.25) is 5.02 Å². The van der Waals surface area contributed by atoms with Crippen molar-refractivity contribution >= 4 is 29.6 Å². The number of ether oxygens (including phenoxy) is 4. The molecule has 8 nitrogen and oxygen atoms in total. The van der Waals surface area contributed by atoms with Crippen molar-refractivity contribution in [3.05, 3.63) is 22.7 Å². The number of carbonyl (C=O) groups is 3. The molecule has 0 fully saturated rings. The Balaban J connectivity index is 1.97. The molecular formula is C15H16ClNO7. The molecule has 0 unspecified atom stereocenters. The molecule has 0 spiro atoms. The number of alkyl carbamates (subject to hydrolysis) is 1. The van der Waals surface area contributed by atoms with Gasteiger partial charge in [0, 0.05) is 6.42 Å². The fourth-order valence-corrected chi connectivity index (χ4v) is 2.15. The molecule has 1 aromatic rings. The second-order valence-corrected chi connectivity index (χ2v) is 5.09. The van der Waals surface area contributed by atoms with Crippen LogP contribution in [0.5, 0.6) is 11.5 Å². The topological polar surface area (TPSA) is 100 Å². The highest BCUT2D eigenvalue weighted by Gasteiger charge is 2.20. The number of halogens is 1. The van der Waals surface area contributed by atoms with Gasteiger partial charge in [-0.1, -0.05) is 11.6 Å². The molecule has 0 saturated carbocycles. The van der Waals surface area contributed by atoms with E-state index < -0.39 is 24.6 Å². The summed E-state index contributed by atoms with van der Waals surface area (Å²) in [6, 6.07) is 2.79. The van der Waals surface area contributed by atoms with E-state index in [9.17, 15) is 14.4 Å². The Labute approximate surface area is 143 Å². The first-order valence-electron chi connectivity index (χ1n) is 7.24. The third-order valence-electron chi connectivity index (χ3n) is 2.89. The molecule has 1 N–H and O–H groups in total. The number of rotatable bonds is 4. The van der Waals surface area contributed by atoms with Crippen LogP contribution in [0.3, 0.4) is 0 Å². The quantitative estimate of drug-likeness (QED) is 0.822. The van der Waals surface area contributed by atoms with E-state index in [0.29, 0.717) is 31.1 Å². The third kappa shape index (κ3) is 4.76. The SMILES string of the molecule is CCOC(=O)NC(=O)COC(=O)c1cc(Cl)c2c(c1)OCCCO2. The van der Waals surface area contributed by atoms with Crippen LogP contribution in [0.25, 0.3) is 0 Å². The van der Waals surface area contributed by atoms with Crippen molar-refractivity contribution in [2.45, 2.75) is 13.3 Å². The number of benzene rings is 1. The van der Waals surface area contributed by atoms with Gasteiger partial charge in [-0.05, 0) is 19.1 Å². The van der Waals surface area contributed by atoms with E-state index in [2.05, 4.69) is 4.74 Å². The fraction of sp³-hybridized carbons (Fsp3) is 0.400. The van der Waals surface area contributed by atoms with Crippen molar-refractivity contribution in [2.24, 2.45) is 0 Å². The maximum absolute atomic E-state index is 12.0. The van der Waals surface area contributed by atoms with E-state index in [0.717, 1.165) is 0 Å². The molecule has 0 aliphatic carbocycles. The Kier molecular flexibility index (Phi) is 6.25. The molecular weight excluding hydrogens is 342 g/mol. The van der Waals surface area contributed by atoms with Gasteiger partial charge in [0.25, 0.3) is 5.91 Å². The van der Waals surface area contributed by atoms with Gasteiger partial charge in [0.1, 0.15) is 0 Å². The number of hydrogen-bond acceptors (Lipinski definition) is 7. The molecule has 2 rings (SSSR count). The van der Waals surface area contributed by atoms with Crippen LogP contribution in [0, 0.1) is 0 Å². The second kappa shape index (κ2) is 8.39. The van der Waals surface area contributed by atoms with Crippen molar-refractivity contribution in [1.82, 2.24) is 5.32 Å². The zero-order chi connectivity index (χ0) is 17.5. The lowest BCUT2D eigenvalue weighted by Gasteiger charge is -2.11. The Morgan fingerprint density at radius 2 is 1.96 bits per heavy atom. The van der Waals surface area contributed by atoms with Gasteiger partial charge in [-0.3, -0.25) is 10.1 Å². The highest BCUT2D eigenvalue weighted by molar-refractivity contribution is 6.32. The van der Waals surface area contributed by atoms with Crippen LogP contribution in [0.15, 0.2) is 12.1 Å². The van der Waals surface area contributed by atoms with Crippen LogP contribution in [0.1, 0.15) is 23.7 Å². The molecule has 1 aromatic carbocycles. The van der Waals surface area contributed by atoms with Crippen molar-refractivity contribution in [3.8, 4) is 11.5 Å². The van der Waals surface area contributed by atoms with Gasteiger partial charge in [-0.25, -0.2) is 9.59 Å². The van der Waals surface area contributed by atoms with E-state index >= 15 is 0 Å². The summed E-state index contributed by atoms with van der Waals surface area (Å²) in [6.07, 6.45) is -0.212. The number of nitrogens with one attached hydrogen (secondary N) is 1. The van der Waals surface area contributed by atoms with Gasteiger partial charge < -0.3 is 18.9 Å². The van der Waals surface area contributed by atoms with Crippen LogP contribution in [0.4, 0.5) is 4.79 Å². The highest BCUT2D eigenvalue weighted by Crippen LogP contribution is 2.38. The number of imide groups is 1. The lowest BCUT2D eigenvalue weighted by molar-refractivity contribution is -0.123. The minimum Gasteiger partial charge on any atom is -0.489 e. The zero-order valence-corrected chi connectivity index (χ0v) is 13.7. The van der Waals surface area contributed by atoms with Crippen molar-refractivity contribution in [2.75, 3.05) is 26.4 Å². The Bertz CT molecular complexity index is 647. The predicted octanol–water partition coefficient (Wildman–Crippen LogP) is 1.93. The Hall–Kier alpha value is -2.48. The first-order valence-corrected chi connectivity index (χ1v) is 7.62. The lowest BCUT2D eigenvalue weighted by atomic mass is 10.2. The van der Waals surface area contributed by atoms with Gasteiger partial charge in [0.15, 0.2) is 18.1 Å². The molecule has 0 saturated heterocycles. The smallest absolute Gasteiger partial charge is 0.413 e. The van der Waals surface area contributed by atoms with Crippen LogP contribution in [-0.2, 0) is 14.3 Å². The van der Waals surface area contributed by atoms with Crippen LogP contribution >= 0.6 is 11.6 Å². The maximum atomic E-state index is 12.0. The molecule has 1 aliphatic heterocycles. The maximum Gasteiger partial charge on any atom is 0.413 e. The van der Waals surface area contributed by atoms with E-state index in [1.807, 2.05) is 5.32 Å². The zero-order valence-electron chi connectivity index (χ0n) is 12.9. The van der Waals surface area contributed by atoms with Gasteiger partial charge in [0.05, 0.1) is 30.4 Å². The largest absolute Gasteiger partial charge is 0.489 e. The standard InChI is InChI=1S/C15H16ClNO7/c1-2-21-15(20)17-12(18)8-24-14(19)9-6-10(16)13-11(7-9)22-4-3-5-23-13/h6-7H,2-5,8H2,1H3,(H,17,18,20). The summed E-state index contributed by atoms with van der Waals surface area (Å²) in [4.78, 5) is 34.5. The summed E-state index contributed by atoms with van der Waals surface area (Å²) in [7, 11) is 0. The summed E-state index contributed by atoms with van der Waals surface area (Å²) in [6.45, 7) is 1.98. The summed E-state index contributed by atoms with van der Waals surface area (Å²) in [5.74, 6) is -0.887. The normalized spacial score (nSPS) is 12.8. The van der Waals surface area contributed by atoms with Gasteiger partial charge in [-0.15, -0.1) is 0 Å². The molecule has 0 aromatic heterocycles. The van der Waals surface area contributed by atoms with Gasteiger partial charge >= 0.3 is 12.1 Å². The summed E-state index contributed by atoms with van der Waals surface area (Å²) < 4.78 is 20.3. The molecule has 0 bridgehead atoms. The predicted molar refractivity (Wildman–Crippen MR) is 82.5 cm³/mol. The van der Waals surface area contributed by atoms with E-state index in [1.54, 1.807) is 6.92 Å². The average molecular weight is 358 g/mol. The van der Waals surface area contributed by atoms with E-state index in [1.165, 1.54) is 12.1 Å². The van der Waals surface area contributed by atoms with Crippen molar-refractivity contribution < 1.29 is 33.3 Å². The van der Waals surface area contributed by atoms with E-state index in [-0.39, 0.29) is 17.2 Å². The number of carbonyl (C=O) groups excluding carboxylic acids is 3. The van der Waals surface area contributed by atoms with Crippen LogP contribution in [-0.4, -0.2) is 44.4 Å². The monoisotopic (exact) mass is 357 g/mol. The van der Waals surface area contributed by atoms with Gasteiger partial charge in [0.2, 0.25) is 0 Å². The molecule has 0 atom stereocenters. The second-order valence-electron chi connectivity index (χ2n) is 4.68. The summed E-state index contributed by atoms with van der Waals surface area (Å²) in [5, 5.41) is 2.12. The average Bonchev–Trinajstić information content (AvgIpc) is 2.78. The van der Waals surface area contributed by atoms with Crippen molar-refractivity contribution in [1.29, 1.82) is 0 Å². The first-order chi connectivity index (χ1) is 11.5. The first kappa shape index (κ1) is 17.9. The lowest BCUT2D eigenvalue weighted by Crippen LogP contribution is -2.34. The molecule has 2 amide bonds. The molecule has 24 heavy (non-hydrogen) atoms. The third-order valence-corrected chi connectivity index (χ3v) is 3.17. The molecule has 130 valence electrons. The Morgan fingerprint density at radius 3 is 2.71 bits per heavy atom. The van der Waals surface area contributed by atoms with Gasteiger partial charge in [-0.2, -0.15) is 0 Å². The molecule has 1 heterocycles. The van der Waals surface area contributed by atoms with Crippen molar-refractivity contribution in [3.63, 3.8) is 0 Å². The van der Waals surface area contributed by atoms with Crippen LogP contribution < -0.4 is 14.8 Å². The van der Waals surface area contributed by atoms with E-state index in [4.69, 9.17) is 25.8 Å². The number of amides is 2. The minimum atomic E-state index is -0.905. The number of fused-ring (bicyclic) bond motifs is 1. The summed E-state index contributed by atoms with van der Waals surface area (Å²) in [5.41, 5.74) is 0.105. The molecule has 9 heteroatoms. The number of esters is 1. The summed E-state index contributed by atoms with van der Waals surface area (Å²) >= 11 is 6.08. The number of hydrogen-bond donors (Lipinski definition) is 1. The Morgan fingerprint density at radius 1 is 1.21 bits per heavy atom. The molecule has 1 aliphatic rings. The minimum absolute atomic E-state index is 0.105. The highest BCUT2D eigenvalue weighted by atomic mass is 35.5. The fourth-order valence-electron chi connectivity index (χ4n) is 1.88. The molecule has 0 radical (unpaired) electrons.